The molecule has 0 aliphatic carbocycles. The van der Waals surface area contributed by atoms with Crippen LogP contribution in [0.2, 0.25) is 0 Å². The van der Waals surface area contributed by atoms with Gasteiger partial charge in [0.25, 0.3) is 5.69 Å². The van der Waals surface area contributed by atoms with E-state index in [1.807, 2.05) is 18.2 Å². The first-order chi connectivity index (χ1) is 12.6. The number of piperazine rings is 1. The number of anilines is 1. The quantitative estimate of drug-likeness (QED) is 0.564. The van der Waals surface area contributed by atoms with Gasteiger partial charge in [0.2, 0.25) is 0 Å². The molecular formula is C19H24N3O4+. The molecule has 138 valence electrons. The Morgan fingerprint density at radius 3 is 2.38 bits per heavy atom. The zero-order chi connectivity index (χ0) is 18.4. The molecule has 3 rings (SSSR count). The van der Waals surface area contributed by atoms with Crippen LogP contribution in [0.3, 0.4) is 0 Å². The molecule has 1 heterocycles. The van der Waals surface area contributed by atoms with E-state index in [4.69, 9.17) is 4.74 Å². The molecule has 1 aliphatic heterocycles. The van der Waals surface area contributed by atoms with Crippen molar-refractivity contribution < 1.29 is 19.7 Å². The van der Waals surface area contributed by atoms with Crippen LogP contribution in [0.1, 0.15) is 0 Å². The molecule has 1 fully saturated rings. The Labute approximate surface area is 152 Å². The summed E-state index contributed by atoms with van der Waals surface area (Å²) in [5.74, 6) is 0.526. The molecule has 0 saturated carbocycles. The number of hydrogen-bond donors (Lipinski definition) is 2. The van der Waals surface area contributed by atoms with Crippen molar-refractivity contribution in [3.05, 3.63) is 64.7 Å². The fourth-order valence-corrected chi connectivity index (χ4v) is 3.17. The molecule has 0 aromatic heterocycles. The number of quaternary nitrogens is 1. The molecule has 7 heteroatoms. The molecule has 2 N–H and O–H groups in total. The van der Waals surface area contributed by atoms with Crippen LogP contribution in [0, 0.1) is 10.1 Å². The van der Waals surface area contributed by atoms with Crippen molar-refractivity contribution in [3.8, 4) is 5.75 Å². The van der Waals surface area contributed by atoms with E-state index >= 15 is 0 Å². The van der Waals surface area contributed by atoms with Crippen LogP contribution in [0.5, 0.6) is 5.75 Å². The van der Waals surface area contributed by atoms with Crippen LogP contribution in [-0.4, -0.2) is 55.5 Å². The van der Waals surface area contributed by atoms with E-state index in [9.17, 15) is 15.2 Å². The standard InChI is InChI=1S/C19H23N3O4/c23-18(15-26-19-8-6-17(7-9-19)22(24)25)14-20-10-12-21(13-11-20)16-4-2-1-3-5-16/h1-9,18,23H,10-15H2/p+1. The molecule has 1 atom stereocenters. The Bertz CT molecular complexity index is 700. The summed E-state index contributed by atoms with van der Waals surface area (Å²) < 4.78 is 5.54. The number of aliphatic hydroxyl groups is 1. The first-order valence-electron chi connectivity index (χ1n) is 8.81. The van der Waals surface area contributed by atoms with Crippen molar-refractivity contribution in [1.29, 1.82) is 0 Å². The summed E-state index contributed by atoms with van der Waals surface area (Å²) >= 11 is 0. The average Bonchev–Trinajstić information content (AvgIpc) is 2.68. The van der Waals surface area contributed by atoms with Gasteiger partial charge in [0.05, 0.1) is 31.1 Å². The lowest BCUT2D eigenvalue weighted by atomic mass is 10.2. The molecule has 2 aromatic carbocycles. The number of nitro groups is 1. The lowest BCUT2D eigenvalue weighted by molar-refractivity contribution is -0.903. The molecule has 1 saturated heterocycles. The minimum Gasteiger partial charge on any atom is -0.491 e. The summed E-state index contributed by atoms with van der Waals surface area (Å²) in [6, 6.07) is 16.3. The van der Waals surface area contributed by atoms with Gasteiger partial charge in [-0.1, -0.05) is 18.2 Å². The Morgan fingerprint density at radius 1 is 1.12 bits per heavy atom. The third kappa shape index (κ3) is 4.93. The van der Waals surface area contributed by atoms with Crippen molar-refractivity contribution in [3.63, 3.8) is 0 Å². The van der Waals surface area contributed by atoms with Gasteiger partial charge in [0.1, 0.15) is 25.0 Å². The van der Waals surface area contributed by atoms with Crippen molar-refractivity contribution in [1.82, 2.24) is 0 Å². The van der Waals surface area contributed by atoms with Gasteiger partial charge in [-0.3, -0.25) is 10.1 Å². The maximum atomic E-state index is 10.6. The normalized spacial score (nSPS) is 16.3. The fraction of sp³-hybridized carbons (Fsp3) is 0.368. The third-order valence-corrected chi connectivity index (χ3v) is 4.61. The Kier molecular flexibility index (Phi) is 6.04. The predicted octanol–water partition coefficient (Wildman–Crippen LogP) is 0.740. The highest BCUT2D eigenvalue weighted by atomic mass is 16.6. The van der Waals surface area contributed by atoms with Gasteiger partial charge >= 0.3 is 0 Å². The summed E-state index contributed by atoms with van der Waals surface area (Å²) in [6.07, 6.45) is -0.566. The van der Waals surface area contributed by atoms with Crippen molar-refractivity contribution in [2.75, 3.05) is 44.2 Å². The van der Waals surface area contributed by atoms with Crippen LogP contribution < -0.4 is 14.5 Å². The van der Waals surface area contributed by atoms with E-state index in [1.54, 1.807) is 12.1 Å². The van der Waals surface area contributed by atoms with Crippen molar-refractivity contribution in [2.45, 2.75) is 6.10 Å². The van der Waals surface area contributed by atoms with Crippen LogP contribution in [0.15, 0.2) is 54.6 Å². The fourth-order valence-electron chi connectivity index (χ4n) is 3.17. The van der Waals surface area contributed by atoms with E-state index in [2.05, 4.69) is 17.0 Å². The van der Waals surface area contributed by atoms with E-state index in [-0.39, 0.29) is 12.3 Å². The van der Waals surface area contributed by atoms with Crippen molar-refractivity contribution in [2.24, 2.45) is 0 Å². The molecule has 0 spiro atoms. The van der Waals surface area contributed by atoms with E-state index in [0.717, 1.165) is 26.2 Å². The molecular weight excluding hydrogens is 334 g/mol. The van der Waals surface area contributed by atoms with Crippen molar-refractivity contribution >= 4 is 11.4 Å². The summed E-state index contributed by atoms with van der Waals surface area (Å²) in [7, 11) is 0. The van der Waals surface area contributed by atoms with Crippen LogP contribution >= 0.6 is 0 Å². The topological polar surface area (TPSA) is 80.3 Å². The lowest BCUT2D eigenvalue weighted by Crippen LogP contribution is -3.16. The second-order valence-corrected chi connectivity index (χ2v) is 6.49. The average molecular weight is 358 g/mol. The number of non-ortho nitro benzene ring substituents is 1. The Morgan fingerprint density at radius 2 is 1.77 bits per heavy atom. The van der Waals surface area contributed by atoms with Crippen LogP contribution in [0.25, 0.3) is 0 Å². The maximum Gasteiger partial charge on any atom is 0.269 e. The zero-order valence-electron chi connectivity index (χ0n) is 14.6. The zero-order valence-corrected chi connectivity index (χ0v) is 14.6. The minimum atomic E-state index is -0.566. The molecule has 2 aromatic rings. The third-order valence-electron chi connectivity index (χ3n) is 4.61. The highest BCUT2D eigenvalue weighted by Gasteiger charge is 2.22. The Balaban J connectivity index is 1.40. The highest BCUT2D eigenvalue weighted by molar-refractivity contribution is 5.46. The second kappa shape index (κ2) is 8.64. The van der Waals surface area contributed by atoms with Gasteiger partial charge in [-0.25, -0.2) is 0 Å². The minimum absolute atomic E-state index is 0.0265. The number of rotatable bonds is 7. The molecule has 26 heavy (non-hydrogen) atoms. The van der Waals surface area contributed by atoms with E-state index < -0.39 is 11.0 Å². The van der Waals surface area contributed by atoms with Gasteiger partial charge in [-0.2, -0.15) is 0 Å². The number of ether oxygens (including phenoxy) is 1. The monoisotopic (exact) mass is 358 g/mol. The van der Waals surface area contributed by atoms with Gasteiger partial charge < -0.3 is 19.6 Å². The van der Waals surface area contributed by atoms with Gasteiger partial charge in [-0.05, 0) is 24.3 Å². The van der Waals surface area contributed by atoms with Crippen LogP contribution in [-0.2, 0) is 0 Å². The predicted molar refractivity (Wildman–Crippen MR) is 98.8 cm³/mol. The summed E-state index contributed by atoms with van der Waals surface area (Å²) in [5.41, 5.74) is 1.27. The number of nitrogens with zero attached hydrogens (tertiary/aromatic N) is 2. The smallest absolute Gasteiger partial charge is 0.269 e. The first-order valence-corrected chi connectivity index (χ1v) is 8.81. The van der Waals surface area contributed by atoms with Gasteiger partial charge in [-0.15, -0.1) is 0 Å². The van der Waals surface area contributed by atoms with Crippen LogP contribution in [0.4, 0.5) is 11.4 Å². The number of benzene rings is 2. The number of hydrogen-bond acceptors (Lipinski definition) is 5. The molecule has 7 nitrogen and oxygen atoms in total. The van der Waals surface area contributed by atoms with E-state index in [1.165, 1.54) is 22.7 Å². The molecule has 0 bridgehead atoms. The Hall–Kier alpha value is -2.64. The van der Waals surface area contributed by atoms with Gasteiger partial charge in [0, 0.05) is 17.8 Å². The second-order valence-electron chi connectivity index (χ2n) is 6.49. The SMILES string of the molecule is O=[N+]([O-])c1ccc(OCC(O)C[NH+]2CCN(c3ccccc3)CC2)cc1. The lowest BCUT2D eigenvalue weighted by Gasteiger charge is -2.34. The van der Waals surface area contributed by atoms with E-state index in [0.29, 0.717) is 12.3 Å². The molecule has 0 radical (unpaired) electrons. The summed E-state index contributed by atoms with van der Waals surface area (Å²) in [5, 5.41) is 20.9. The highest BCUT2D eigenvalue weighted by Crippen LogP contribution is 2.17. The number of aliphatic hydroxyl groups excluding tert-OH is 1. The number of para-hydroxylation sites is 1. The number of nitro benzene ring substituents is 1. The summed E-state index contributed by atoms with van der Waals surface area (Å²) in [6.45, 7) is 4.71. The van der Waals surface area contributed by atoms with Gasteiger partial charge in [0.15, 0.2) is 0 Å². The largest absolute Gasteiger partial charge is 0.491 e. The molecule has 1 aliphatic rings. The summed E-state index contributed by atoms with van der Waals surface area (Å²) in [4.78, 5) is 13.9. The number of nitrogens with one attached hydrogen (secondary N) is 1. The first kappa shape index (κ1) is 18.2. The maximum absolute atomic E-state index is 10.6. The molecule has 0 amide bonds. The molecule has 1 unspecified atom stereocenters.